The second kappa shape index (κ2) is 3.55. The van der Waals surface area contributed by atoms with E-state index in [2.05, 4.69) is 4.98 Å². The van der Waals surface area contributed by atoms with Crippen molar-refractivity contribution in [1.29, 1.82) is 0 Å². The van der Waals surface area contributed by atoms with Crippen molar-refractivity contribution in [3.05, 3.63) is 41.1 Å². The largest absolute Gasteiger partial charge is 0.478 e. The lowest BCUT2D eigenvalue weighted by atomic mass is 10.0. The van der Waals surface area contributed by atoms with E-state index in [1.807, 2.05) is 25.1 Å². The van der Waals surface area contributed by atoms with Gasteiger partial charge in [-0.1, -0.05) is 12.1 Å². The van der Waals surface area contributed by atoms with Gasteiger partial charge in [-0.05, 0) is 37.5 Å². The average molecular weight is 227 g/mol. The number of pyridine rings is 1. The molecule has 3 nitrogen and oxygen atoms in total. The van der Waals surface area contributed by atoms with Gasteiger partial charge in [-0.3, -0.25) is 4.98 Å². The van der Waals surface area contributed by atoms with Crippen molar-refractivity contribution >= 4 is 16.9 Å². The Morgan fingerprint density at radius 1 is 1.35 bits per heavy atom. The number of carboxylic acid groups (broad SMARTS) is 1. The van der Waals surface area contributed by atoms with E-state index in [0.29, 0.717) is 11.5 Å². The van der Waals surface area contributed by atoms with E-state index in [4.69, 9.17) is 0 Å². The quantitative estimate of drug-likeness (QED) is 0.857. The zero-order chi connectivity index (χ0) is 12.0. The van der Waals surface area contributed by atoms with Crippen LogP contribution in [0.15, 0.2) is 24.3 Å². The highest BCUT2D eigenvalue weighted by atomic mass is 16.4. The van der Waals surface area contributed by atoms with E-state index in [9.17, 15) is 9.90 Å². The summed E-state index contributed by atoms with van der Waals surface area (Å²) in [6, 6.07) is 7.45. The molecule has 1 aliphatic carbocycles. The summed E-state index contributed by atoms with van der Waals surface area (Å²) in [5.74, 6) is -0.402. The maximum absolute atomic E-state index is 11.3. The molecule has 1 fully saturated rings. The van der Waals surface area contributed by atoms with Crippen molar-refractivity contribution < 1.29 is 9.90 Å². The van der Waals surface area contributed by atoms with Gasteiger partial charge in [0, 0.05) is 17.0 Å². The summed E-state index contributed by atoms with van der Waals surface area (Å²) in [5.41, 5.74) is 3.21. The molecule has 0 bridgehead atoms. The first-order valence-electron chi connectivity index (χ1n) is 5.80. The molecule has 3 heteroatoms. The highest BCUT2D eigenvalue weighted by molar-refractivity contribution is 6.02. The van der Waals surface area contributed by atoms with Crippen LogP contribution < -0.4 is 0 Å². The predicted molar refractivity (Wildman–Crippen MR) is 65.4 cm³/mol. The van der Waals surface area contributed by atoms with Crippen molar-refractivity contribution in [2.75, 3.05) is 0 Å². The lowest BCUT2D eigenvalue weighted by Crippen LogP contribution is -2.01. The average Bonchev–Trinajstić information content (AvgIpc) is 3.10. The Morgan fingerprint density at radius 2 is 2.12 bits per heavy atom. The summed E-state index contributed by atoms with van der Waals surface area (Å²) in [6.45, 7) is 1.99. The molecule has 0 atom stereocenters. The van der Waals surface area contributed by atoms with E-state index in [1.54, 1.807) is 6.07 Å². The van der Waals surface area contributed by atoms with Crippen molar-refractivity contribution in [3.8, 4) is 0 Å². The second-order valence-electron chi connectivity index (χ2n) is 4.69. The van der Waals surface area contributed by atoms with Crippen LogP contribution >= 0.6 is 0 Å². The van der Waals surface area contributed by atoms with Gasteiger partial charge in [0.25, 0.3) is 0 Å². The Kier molecular flexibility index (Phi) is 2.15. The number of carbonyl (C=O) groups is 1. The van der Waals surface area contributed by atoms with Gasteiger partial charge in [0.1, 0.15) is 0 Å². The number of carboxylic acids is 1. The molecule has 0 aliphatic heterocycles. The molecule has 2 aromatic rings. The molecule has 1 aromatic carbocycles. The normalized spacial score (nSPS) is 15.1. The van der Waals surface area contributed by atoms with Gasteiger partial charge in [0.2, 0.25) is 0 Å². The van der Waals surface area contributed by atoms with Crippen LogP contribution in [0.3, 0.4) is 0 Å². The maximum Gasteiger partial charge on any atom is 0.336 e. The highest BCUT2D eigenvalue weighted by Crippen LogP contribution is 2.40. The van der Waals surface area contributed by atoms with Crippen LogP contribution in [0.1, 0.15) is 40.4 Å². The Morgan fingerprint density at radius 3 is 2.76 bits per heavy atom. The van der Waals surface area contributed by atoms with Crippen LogP contribution in [-0.2, 0) is 0 Å². The highest BCUT2D eigenvalue weighted by Gasteiger charge is 2.26. The van der Waals surface area contributed by atoms with Gasteiger partial charge < -0.3 is 5.11 Å². The van der Waals surface area contributed by atoms with Crippen molar-refractivity contribution in [3.63, 3.8) is 0 Å². The van der Waals surface area contributed by atoms with Crippen LogP contribution in [0.5, 0.6) is 0 Å². The SMILES string of the molecule is Cc1ccc2c(C(=O)O)cc(C3CC3)nc2c1. The van der Waals surface area contributed by atoms with Crippen molar-refractivity contribution in [2.45, 2.75) is 25.7 Å². The van der Waals surface area contributed by atoms with Crippen LogP contribution in [-0.4, -0.2) is 16.1 Å². The topological polar surface area (TPSA) is 50.2 Å². The predicted octanol–water partition coefficient (Wildman–Crippen LogP) is 3.12. The van der Waals surface area contributed by atoms with E-state index < -0.39 is 5.97 Å². The molecule has 0 spiro atoms. The number of rotatable bonds is 2. The number of hydrogen-bond donors (Lipinski definition) is 1. The second-order valence-corrected chi connectivity index (χ2v) is 4.69. The molecular weight excluding hydrogens is 214 g/mol. The molecule has 0 unspecified atom stereocenters. The van der Waals surface area contributed by atoms with E-state index >= 15 is 0 Å². The monoisotopic (exact) mass is 227 g/mol. The van der Waals surface area contributed by atoms with Crippen LogP contribution in [0, 0.1) is 6.92 Å². The third-order valence-electron chi connectivity index (χ3n) is 3.21. The molecule has 3 rings (SSSR count). The molecule has 1 N–H and O–H groups in total. The molecule has 0 saturated heterocycles. The number of benzene rings is 1. The third kappa shape index (κ3) is 1.78. The first-order chi connectivity index (χ1) is 8.15. The fourth-order valence-electron chi connectivity index (χ4n) is 2.12. The lowest BCUT2D eigenvalue weighted by molar-refractivity contribution is 0.0699. The lowest BCUT2D eigenvalue weighted by Gasteiger charge is -2.06. The fraction of sp³-hybridized carbons (Fsp3) is 0.286. The molecule has 1 saturated carbocycles. The molecule has 1 heterocycles. The van der Waals surface area contributed by atoms with Crippen molar-refractivity contribution in [1.82, 2.24) is 4.98 Å². The third-order valence-corrected chi connectivity index (χ3v) is 3.21. The summed E-state index contributed by atoms with van der Waals surface area (Å²) < 4.78 is 0. The van der Waals surface area contributed by atoms with Crippen molar-refractivity contribution in [2.24, 2.45) is 0 Å². The number of nitrogens with zero attached hydrogens (tertiary/aromatic N) is 1. The Hall–Kier alpha value is -1.90. The van der Waals surface area contributed by atoms with Gasteiger partial charge in [0.05, 0.1) is 11.1 Å². The maximum atomic E-state index is 11.3. The summed E-state index contributed by atoms with van der Waals surface area (Å²) >= 11 is 0. The molecule has 1 aromatic heterocycles. The summed E-state index contributed by atoms with van der Waals surface area (Å²) in [6.07, 6.45) is 2.26. The molecule has 1 aliphatic rings. The van der Waals surface area contributed by atoms with Gasteiger partial charge >= 0.3 is 5.97 Å². The minimum Gasteiger partial charge on any atom is -0.478 e. The first kappa shape index (κ1) is 10.3. The minimum absolute atomic E-state index is 0.372. The minimum atomic E-state index is -0.872. The van der Waals surface area contributed by atoms with Gasteiger partial charge in [-0.2, -0.15) is 0 Å². The molecule has 0 amide bonds. The smallest absolute Gasteiger partial charge is 0.336 e. The van der Waals surface area contributed by atoms with Gasteiger partial charge in [0.15, 0.2) is 0 Å². The van der Waals surface area contributed by atoms with E-state index in [-0.39, 0.29) is 0 Å². The standard InChI is InChI=1S/C14H13NO2/c1-8-2-5-10-11(14(16)17)7-12(9-3-4-9)15-13(10)6-8/h2,5-7,9H,3-4H2,1H3,(H,16,17). The molecule has 86 valence electrons. The molecule has 17 heavy (non-hydrogen) atoms. The molecular formula is C14H13NO2. The number of aromatic carboxylic acids is 1. The first-order valence-corrected chi connectivity index (χ1v) is 5.80. The Bertz CT molecular complexity index is 615. The Labute approximate surface area is 99.1 Å². The summed E-state index contributed by atoms with van der Waals surface area (Å²) in [5, 5.41) is 9.98. The zero-order valence-electron chi connectivity index (χ0n) is 9.60. The molecule has 0 radical (unpaired) electrons. The van der Waals surface area contributed by atoms with E-state index in [1.165, 1.54) is 0 Å². The van der Waals surface area contributed by atoms with Gasteiger partial charge in [-0.25, -0.2) is 4.79 Å². The Balaban J connectivity index is 2.30. The number of hydrogen-bond acceptors (Lipinski definition) is 2. The van der Waals surface area contributed by atoms with E-state index in [0.717, 1.165) is 35.0 Å². The zero-order valence-corrected chi connectivity index (χ0v) is 9.60. The van der Waals surface area contributed by atoms with Gasteiger partial charge in [-0.15, -0.1) is 0 Å². The van der Waals surface area contributed by atoms with Crippen LogP contribution in [0.2, 0.25) is 0 Å². The van der Waals surface area contributed by atoms with Crippen LogP contribution in [0.4, 0.5) is 0 Å². The van der Waals surface area contributed by atoms with Crippen LogP contribution in [0.25, 0.3) is 10.9 Å². The number of fused-ring (bicyclic) bond motifs is 1. The summed E-state index contributed by atoms with van der Waals surface area (Å²) in [7, 11) is 0. The summed E-state index contributed by atoms with van der Waals surface area (Å²) in [4.78, 5) is 15.8. The fourth-order valence-corrected chi connectivity index (χ4v) is 2.12. The number of aromatic nitrogens is 1. The number of aryl methyl sites for hydroxylation is 1.